The molecule has 4 unspecified atom stereocenters. The summed E-state index contributed by atoms with van der Waals surface area (Å²) in [5, 5.41) is 13.9. The van der Waals surface area contributed by atoms with Crippen LogP contribution in [0.15, 0.2) is 30.3 Å². The zero-order valence-electron chi connectivity index (χ0n) is 11.6. The lowest BCUT2D eigenvalue weighted by atomic mass is 9.93. The van der Waals surface area contributed by atoms with Gasteiger partial charge in [-0.1, -0.05) is 37.3 Å². The van der Waals surface area contributed by atoms with Crippen LogP contribution in [0.5, 0.6) is 0 Å². The topological polar surface area (TPSA) is 35.5 Å². The van der Waals surface area contributed by atoms with E-state index in [4.69, 9.17) is 0 Å². The number of benzene rings is 1. The van der Waals surface area contributed by atoms with Gasteiger partial charge in [0.2, 0.25) is 0 Å². The number of nitrogens with zero attached hydrogens (tertiary/aromatic N) is 1. The molecule has 1 aromatic carbocycles. The summed E-state index contributed by atoms with van der Waals surface area (Å²) in [7, 11) is 0. The quantitative estimate of drug-likeness (QED) is 0.864. The molecule has 3 rings (SSSR count). The standard InChI is InChI=1S/C16H24N2O/c1-2-15-14-9-17-8-13(14)10-18(15)11-16(19)12-6-4-3-5-7-12/h3-7,13-17,19H,2,8-11H2,1H3. The summed E-state index contributed by atoms with van der Waals surface area (Å²) in [4.78, 5) is 2.51. The molecule has 19 heavy (non-hydrogen) atoms. The molecule has 0 aliphatic carbocycles. The van der Waals surface area contributed by atoms with E-state index in [1.54, 1.807) is 0 Å². The molecule has 0 spiro atoms. The van der Waals surface area contributed by atoms with Crippen molar-refractivity contribution in [3.8, 4) is 0 Å². The minimum absolute atomic E-state index is 0.359. The highest BCUT2D eigenvalue weighted by atomic mass is 16.3. The minimum Gasteiger partial charge on any atom is -0.387 e. The highest BCUT2D eigenvalue weighted by molar-refractivity contribution is 5.17. The summed E-state index contributed by atoms with van der Waals surface area (Å²) < 4.78 is 0. The van der Waals surface area contributed by atoms with Crippen LogP contribution in [-0.2, 0) is 0 Å². The van der Waals surface area contributed by atoms with E-state index in [2.05, 4.69) is 17.1 Å². The van der Waals surface area contributed by atoms with Crippen molar-refractivity contribution < 1.29 is 5.11 Å². The molecule has 0 aromatic heterocycles. The van der Waals surface area contributed by atoms with E-state index >= 15 is 0 Å². The fourth-order valence-corrected chi connectivity index (χ4v) is 3.88. The van der Waals surface area contributed by atoms with Gasteiger partial charge in [-0.3, -0.25) is 4.90 Å². The second-order valence-corrected chi connectivity index (χ2v) is 5.94. The van der Waals surface area contributed by atoms with Crippen LogP contribution in [-0.4, -0.2) is 42.2 Å². The molecule has 0 saturated carbocycles. The highest BCUT2D eigenvalue weighted by Gasteiger charge is 2.43. The van der Waals surface area contributed by atoms with E-state index < -0.39 is 0 Å². The summed E-state index contributed by atoms with van der Waals surface area (Å²) >= 11 is 0. The number of likely N-dealkylation sites (tertiary alicyclic amines) is 1. The molecule has 2 N–H and O–H groups in total. The average molecular weight is 260 g/mol. The second-order valence-electron chi connectivity index (χ2n) is 5.94. The maximum atomic E-state index is 10.4. The predicted octanol–water partition coefficient (Wildman–Crippen LogP) is 1.65. The molecule has 0 amide bonds. The van der Waals surface area contributed by atoms with E-state index in [-0.39, 0.29) is 6.10 Å². The molecule has 2 aliphatic heterocycles. The number of rotatable bonds is 4. The zero-order valence-corrected chi connectivity index (χ0v) is 11.6. The van der Waals surface area contributed by atoms with E-state index in [1.807, 2.05) is 30.3 Å². The van der Waals surface area contributed by atoms with Crippen LogP contribution >= 0.6 is 0 Å². The van der Waals surface area contributed by atoms with E-state index in [0.29, 0.717) is 6.04 Å². The smallest absolute Gasteiger partial charge is 0.0917 e. The summed E-state index contributed by atoms with van der Waals surface area (Å²) in [6.45, 7) is 6.49. The lowest BCUT2D eigenvalue weighted by molar-refractivity contribution is 0.0973. The summed E-state index contributed by atoms with van der Waals surface area (Å²) in [5.41, 5.74) is 1.03. The molecule has 2 fully saturated rings. The van der Waals surface area contributed by atoms with Gasteiger partial charge in [0.1, 0.15) is 0 Å². The fourth-order valence-electron chi connectivity index (χ4n) is 3.88. The van der Waals surface area contributed by atoms with Crippen molar-refractivity contribution in [3.63, 3.8) is 0 Å². The van der Waals surface area contributed by atoms with E-state index in [1.165, 1.54) is 6.42 Å². The van der Waals surface area contributed by atoms with Gasteiger partial charge in [-0.05, 0) is 36.9 Å². The Hall–Kier alpha value is -0.900. The number of β-amino-alcohol motifs (C(OH)–C–C–N with tert-alkyl or cyclic N) is 1. The minimum atomic E-state index is -0.359. The Morgan fingerprint density at radius 1 is 1.32 bits per heavy atom. The van der Waals surface area contributed by atoms with Crippen LogP contribution < -0.4 is 5.32 Å². The van der Waals surface area contributed by atoms with Gasteiger partial charge in [0, 0.05) is 19.1 Å². The fraction of sp³-hybridized carbons (Fsp3) is 0.625. The van der Waals surface area contributed by atoms with Crippen molar-refractivity contribution in [2.75, 3.05) is 26.2 Å². The Labute approximate surface area is 115 Å². The Kier molecular flexibility index (Phi) is 3.87. The summed E-state index contributed by atoms with van der Waals surface area (Å²) in [5.74, 6) is 1.57. The van der Waals surface area contributed by atoms with Gasteiger partial charge >= 0.3 is 0 Å². The van der Waals surface area contributed by atoms with Crippen molar-refractivity contribution in [1.29, 1.82) is 0 Å². The Balaban J connectivity index is 1.66. The predicted molar refractivity (Wildman–Crippen MR) is 76.9 cm³/mol. The molecule has 2 heterocycles. The summed E-state index contributed by atoms with van der Waals surface area (Å²) in [6.07, 6.45) is 0.826. The molecular weight excluding hydrogens is 236 g/mol. The Morgan fingerprint density at radius 3 is 2.84 bits per heavy atom. The van der Waals surface area contributed by atoms with Gasteiger partial charge in [0.15, 0.2) is 0 Å². The van der Waals surface area contributed by atoms with Gasteiger partial charge in [-0.25, -0.2) is 0 Å². The third-order valence-electron chi connectivity index (χ3n) is 4.83. The SMILES string of the molecule is CCC1C2CNCC2CN1CC(O)c1ccccc1. The summed E-state index contributed by atoms with van der Waals surface area (Å²) in [6, 6.07) is 10.7. The average Bonchev–Trinajstić information content (AvgIpc) is 3.00. The number of aliphatic hydroxyl groups excluding tert-OH is 1. The third-order valence-corrected chi connectivity index (χ3v) is 4.83. The normalized spacial score (nSPS) is 32.4. The van der Waals surface area contributed by atoms with E-state index in [9.17, 15) is 5.11 Å². The lowest BCUT2D eigenvalue weighted by Crippen LogP contribution is -2.37. The number of aliphatic hydroxyl groups is 1. The van der Waals surface area contributed by atoms with Crippen LogP contribution in [0.2, 0.25) is 0 Å². The van der Waals surface area contributed by atoms with Crippen LogP contribution in [0.25, 0.3) is 0 Å². The van der Waals surface area contributed by atoms with Crippen LogP contribution in [0.4, 0.5) is 0 Å². The molecule has 3 nitrogen and oxygen atoms in total. The molecule has 2 aliphatic rings. The van der Waals surface area contributed by atoms with Gasteiger partial charge in [-0.15, -0.1) is 0 Å². The van der Waals surface area contributed by atoms with Gasteiger partial charge in [0.25, 0.3) is 0 Å². The third kappa shape index (κ3) is 2.55. The molecule has 1 aromatic rings. The molecule has 2 saturated heterocycles. The van der Waals surface area contributed by atoms with Gasteiger partial charge in [-0.2, -0.15) is 0 Å². The number of hydrogen-bond acceptors (Lipinski definition) is 3. The monoisotopic (exact) mass is 260 g/mol. The maximum absolute atomic E-state index is 10.4. The van der Waals surface area contributed by atoms with Crippen LogP contribution in [0, 0.1) is 11.8 Å². The zero-order chi connectivity index (χ0) is 13.2. The number of hydrogen-bond donors (Lipinski definition) is 2. The van der Waals surface area contributed by atoms with Crippen LogP contribution in [0.3, 0.4) is 0 Å². The van der Waals surface area contributed by atoms with Gasteiger partial charge in [0.05, 0.1) is 6.10 Å². The first-order chi connectivity index (χ1) is 9.29. The highest BCUT2D eigenvalue weighted by Crippen LogP contribution is 2.35. The lowest BCUT2D eigenvalue weighted by Gasteiger charge is -2.28. The number of nitrogens with one attached hydrogen (secondary N) is 1. The number of fused-ring (bicyclic) bond motifs is 1. The first kappa shape index (κ1) is 13.1. The first-order valence-corrected chi connectivity index (χ1v) is 7.47. The molecular formula is C16H24N2O. The first-order valence-electron chi connectivity index (χ1n) is 7.47. The maximum Gasteiger partial charge on any atom is 0.0917 e. The largest absolute Gasteiger partial charge is 0.387 e. The van der Waals surface area contributed by atoms with Crippen molar-refractivity contribution in [1.82, 2.24) is 10.2 Å². The molecule has 3 heteroatoms. The van der Waals surface area contributed by atoms with Gasteiger partial charge < -0.3 is 10.4 Å². The van der Waals surface area contributed by atoms with Crippen molar-refractivity contribution >= 4 is 0 Å². The van der Waals surface area contributed by atoms with Crippen molar-refractivity contribution in [3.05, 3.63) is 35.9 Å². The molecule has 104 valence electrons. The molecule has 0 bridgehead atoms. The molecule has 4 atom stereocenters. The second kappa shape index (κ2) is 5.61. The Morgan fingerprint density at radius 2 is 2.11 bits per heavy atom. The van der Waals surface area contributed by atoms with Crippen molar-refractivity contribution in [2.24, 2.45) is 11.8 Å². The van der Waals surface area contributed by atoms with Crippen LogP contribution in [0.1, 0.15) is 25.0 Å². The van der Waals surface area contributed by atoms with E-state index in [0.717, 1.165) is 43.6 Å². The van der Waals surface area contributed by atoms with Crippen molar-refractivity contribution in [2.45, 2.75) is 25.5 Å². The Bertz CT molecular complexity index is 408. The molecule has 0 radical (unpaired) electrons.